The Morgan fingerprint density at radius 3 is 2.96 bits per heavy atom. The Bertz CT molecular complexity index is 1040. The topological polar surface area (TPSA) is 90.4 Å². The van der Waals surface area contributed by atoms with Crippen molar-refractivity contribution in [2.24, 2.45) is 0 Å². The van der Waals surface area contributed by atoms with Gasteiger partial charge in [-0.15, -0.1) is 0 Å². The molecule has 7 nitrogen and oxygen atoms in total. The maximum absolute atomic E-state index is 11.4. The van der Waals surface area contributed by atoms with Gasteiger partial charge in [-0.1, -0.05) is 11.6 Å². The summed E-state index contributed by atoms with van der Waals surface area (Å²) in [7, 11) is 0. The van der Waals surface area contributed by atoms with Crippen molar-refractivity contribution in [2.75, 3.05) is 6.61 Å². The molecule has 0 saturated heterocycles. The van der Waals surface area contributed by atoms with E-state index < -0.39 is 5.97 Å². The van der Waals surface area contributed by atoms with E-state index >= 15 is 0 Å². The molecule has 4 rings (SSSR count). The molecule has 27 heavy (non-hydrogen) atoms. The van der Waals surface area contributed by atoms with Gasteiger partial charge in [-0.25, -0.2) is 4.79 Å². The highest BCUT2D eigenvalue weighted by atomic mass is 35.5. The van der Waals surface area contributed by atoms with E-state index in [0.717, 1.165) is 23.2 Å². The Morgan fingerprint density at radius 1 is 1.44 bits per heavy atom. The van der Waals surface area contributed by atoms with Gasteiger partial charge >= 0.3 is 5.97 Å². The lowest BCUT2D eigenvalue weighted by molar-refractivity contribution is 0.0659. The molecule has 0 bridgehead atoms. The fraction of sp³-hybridized carbons (Fsp3) is 0.316. The summed E-state index contributed by atoms with van der Waals surface area (Å²) < 4.78 is 12.7. The van der Waals surface area contributed by atoms with Crippen molar-refractivity contribution in [3.8, 4) is 17.0 Å². The molecule has 0 spiro atoms. The van der Waals surface area contributed by atoms with Gasteiger partial charge in [0.2, 0.25) is 5.76 Å². The molecule has 3 aromatic heterocycles. The summed E-state index contributed by atoms with van der Waals surface area (Å²) in [5.74, 6) is 0.234. The quantitative estimate of drug-likeness (QED) is 0.717. The molecule has 0 radical (unpaired) electrons. The number of pyridine rings is 1. The average Bonchev–Trinajstić information content (AvgIpc) is 3.18. The Labute approximate surface area is 160 Å². The Hall–Kier alpha value is -2.80. The van der Waals surface area contributed by atoms with Gasteiger partial charge < -0.3 is 14.3 Å². The third-order valence-electron chi connectivity index (χ3n) is 4.62. The van der Waals surface area contributed by atoms with Gasteiger partial charge in [0.15, 0.2) is 0 Å². The van der Waals surface area contributed by atoms with Crippen LogP contribution in [0.5, 0.6) is 5.75 Å². The molecule has 140 valence electrons. The number of aromatic carboxylic acids is 1. The number of hydrogen-bond donors (Lipinski definition) is 1. The number of rotatable bonds is 5. The first-order valence-corrected chi connectivity index (χ1v) is 9.05. The molecule has 0 aromatic carbocycles. The van der Waals surface area contributed by atoms with E-state index in [0.29, 0.717) is 47.4 Å². The van der Waals surface area contributed by atoms with Crippen LogP contribution in [0.2, 0.25) is 5.02 Å². The smallest absolute Gasteiger partial charge is 0.372 e. The Balaban J connectivity index is 1.67. The maximum Gasteiger partial charge on any atom is 0.372 e. The third-order valence-corrected chi connectivity index (χ3v) is 4.95. The lowest BCUT2D eigenvalue weighted by Gasteiger charge is -2.09. The fourth-order valence-corrected chi connectivity index (χ4v) is 3.63. The van der Waals surface area contributed by atoms with Crippen molar-refractivity contribution in [1.82, 2.24) is 14.8 Å². The van der Waals surface area contributed by atoms with Crippen LogP contribution in [0, 0.1) is 6.92 Å². The normalized spacial score (nSPS) is 12.6. The van der Waals surface area contributed by atoms with Gasteiger partial charge in [0.05, 0.1) is 35.8 Å². The summed E-state index contributed by atoms with van der Waals surface area (Å²) in [5.41, 5.74) is 3.92. The number of hydrogen-bond acceptors (Lipinski definition) is 5. The van der Waals surface area contributed by atoms with Crippen LogP contribution in [0.4, 0.5) is 0 Å². The van der Waals surface area contributed by atoms with Crippen LogP contribution in [0.25, 0.3) is 11.3 Å². The van der Waals surface area contributed by atoms with Gasteiger partial charge in [-0.2, -0.15) is 5.10 Å². The molecule has 1 aliphatic carbocycles. The maximum atomic E-state index is 11.4. The zero-order chi connectivity index (χ0) is 19.1. The molecule has 0 saturated carbocycles. The van der Waals surface area contributed by atoms with Crippen molar-refractivity contribution in [3.63, 3.8) is 0 Å². The number of aryl methyl sites for hydroxylation is 2. The minimum absolute atomic E-state index is 0.0152. The third kappa shape index (κ3) is 3.08. The van der Waals surface area contributed by atoms with Crippen molar-refractivity contribution in [1.29, 1.82) is 0 Å². The summed E-state index contributed by atoms with van der Waals surface area (Å²) >= 11 is 6.32. The Morgan fingerprint density at radius 2 is 2.26 bits per heavy atom. The molecule has 1 aliphatic rings. The van der Waals surface area contributed by atoms with E-state index in [1.165, 1.54) is 0 Å². The van der Waals surface area contributed by atoms with Gasteiger partial charge in [-0.05, 0) is 25.8 Å². The Kier molecular flexibility index (Phi) is 4.39. The highest BCUT2D eigenvalue weighted by Gasteiger charge is 2.29. The van der Waals surface area contributed by atoms with E-state index in [1.807, 2.05) is 13.1 Å². The van der Waals surface area contributed by atoms with Crippen molar-refractivity contribution < 1.29 is 19.1 Å². The second kappa shape index (κ2) is 6.74. The number of halogens is 1. The lowest BCUT2D eigenvalue weighted by atomic mass is 9.94. The number of carboxylic acid groups (broad SMARTS) is 1. The summed E-state index contributed by atoms with van der Waals surface area (Å²) in [6.07, 6.45) is 5.01. The number of ether oxygens (including phenoxy) is 1. The van der Waals surface area contributed by atoms with Gasteiger partial charge in [0.1, 0.15) is 11.5 Å². The van der Waals surface area contributed by atoms with E-state index in [-0.39, 0.29) is 5.76 Å². The summed E-state index contributed by atoms with van der Waals surface area (Å²) in [6, 6.07) is 1.74. The molecule has 1 N–H and O–H groups in total. The van der Waals surface area contributed by atoms with Gasteiger partial charge in [0.25, 0.3) is 0 Å². The molecule has 0 amide bonds. The van der Waals surface area contributed by atoms with Crippen LogP contribution >= 0.6 is 11.6 Å². The summed E-state index contributed by atoms with van der Waals surface area (Å²) in [5, 5.41) is 14.5. The van der Waals surface area contributed by atoms with Crippen molar-refractivity contribution in [2.45, 2.75) is 33.2 Å². The fourth-order valence-electron chi connectivity index (χ4n) is 3.41. The van der Waals surface area contributed by atoms with Crippen LogP contribution in [0.1, 0.15) is 40.1 Å². The standard InChI is InChI=1S/C19H18ClN3O4/c1-3-26-12-6-13(20)14(21-7-12)9-23-8-11-4-5-15-16(17(11)22-23)10(2)18(27-15)19(24)25/h6-8H,3-5,9H2,1-2H3,(H,24,25). The predicted octanol–water partition coefficient (Wildman–Crippen LogP) is 3.74. The second-order valence-electron chi connectivity index (χ2n) is 6.39. The molecule has 0 fully saturated rings. The zero-order valence-electron chi connectivity index (χ0n) is 15.0. The average molecular weight is 388 g/mol. The first-order chi connectivity index (χ1) is 13.0. The predicted molar refractivity (Wildman–Crippen MR) is 98.6 cm³/mol. The lowest BCUT2D eigenvalue weighted by Crippen LogP contribution is -2.04. The summed E-state index contributed by atoms with van der Waals surface area (Å²) in [6.45, 7) is 4.62. The van der Waals surface area contributed by atoms with E-state index in [2.05, 4.69) is 10.1 Å². The van der Waals surface area contributed by atoms with Crippen LogP contribution in [-0.2, 0) is 19.4 Å². The molecule has 3 heterocycles. The van der Waals surface area contributed by atoms with Crippen LogP contribution in [0.15, 0.2) is 22.9 Å². The molecule has 8 heteroatoms. The molecule has 3 aromatic rings. The summed E-state index contributed by atoms with van der Waals surface area (Å²) in [4.78, 5) is 15.7. The first kappa shape index (κ1) is 17.6. The van der Waals surface area contributed by atoms with E-state index in [4.69, 9.17) is 20.8 Å². The number of carboxylic acids is 1. The van der Waals surface area contributed by atoms with Crippen LogP contribution in [-0.4, -0.2) is 32.4 Å². The highest BCUT2D eigenvalue weighted by Crippen LogP contribution is 2.38. The number of fused-ring (bicyclic) bond motifs is 3. The monoisotopic (exact) mass is 387 g/mol. The van der Waals surface area contributed by atoms with Gasteiger partial charge in [0, 0.05) is 29.8 Å². The first-order valence-electron chi connectivity index (χ1n) is 8.67. The van der Waals surface area contributed by atoms with E-state index in [9.17, 15) is 9.90 Å². The molecular formula is C19H18ClN3O4. The van der Waals surface area contributed by atoms with Crippen LogP contribution < -0.4 is 4.74 Å². The molecule has 0 unspecified atom stereocenters. The number of carbonyl (C=O) groups is 1. The largest absolute Gasteiger partial charge is 0.492 e. The second-order valence-corrected chi connectivity index (χ2v) is 6.80. The zero-order valence-corrected chi connectivity index (χ0v) is 15.7. The van der Waals surface area contributed by atoms with Crippen LogP contribution in [0.3, 0.4) is 0 Å². The molecular weight excluding hydrogens is 370 g/mol. The van der Waals surface area contributed by atoms with Crippen molar-refractivity contribution >= 4 is 17.6 Å². The van der Waals surface area contributed by atoms with Gasteiger partial charge in [-0.3, -0.25) is 9.67 Å². The molecule has 0 atom stereocenters. The minimum atomic E-state index is -1.06. The number of furan rings is 1. The van der Waals surface area contributed by atoms with Crippen molar-refractivity contribution in [3.05, 3.63) is 51.8 Å². The van der Waals surface area contributed by atoms with E-state index in [1.54, 1.807) is 23.9 Å². The minimum Gasteiger partial charge on any atom is -0.492 e. The molecule has 0 aliphatic heterocycles. The highest BCUT2D eigenvalue weighted by molar-refractivity contribution is 6.31. The number of aromatic nitrogens is 3. The SMILES string of the molecule is CCOc1cnc(Cn2cc3c(n2)-c2c(oc(C(=O)O)c2C)CC3)c(Cl)c1. The number of nitrogens with zero attached hydrogens (tertiary/aromatic N) is 3.